The average molecular weight is 470 g/mol. The van der Waals surface area contributed by atoms with Gasteiger partial charge < -0.3 is 9.72 Å². The van der Waals surface area contributed by atoms with Crippen molar-refractivity contribution >= 4 is 46.4 Å². The molecule has 1 N–H and O–H groups in total. The Kier molecular flexibility index (Phi) is 6.49. The number of likely N-dealkylation sites (tertiary alicyclic amines) is 1. The van der Waals surface area contributed by atoms with Gasteiger partial charge in [-0.1, -0.05) is 34.1 Å². The molecule has 0 saturated carbocycles. The lowest BCUT2D eigenvalue weighted by Gasteiger charge is -2.32. The van der Waals surface area contributed by atoms with Crippen molar-refractivity contribution in [1.29, 1.82) is 0 Å². The zero-order valence-electron chi connectivity index (χ0n) is 14.8. The van der Waals surface area contributed by atoms with E-state index in [1.807, 2.05) is 0 Å². The van der Waals surface area contributed by atoms with Crippen LogP contribution in [0.15, 0.2) is 53.1 Å². The molecule has 27 heavy (non-hydrogen) atoms. The van der Waals surface area contributed by atoms with Gasteiger partial charge in [-0.05, 0) is 37.1 Å². The monoisotopic (exact) mass is 468 g/mol. The van der Waals surface area contributed by atoms with Gasteiger partial charge in [0.2, 0.25) is 0 Å². The summed E-state index contributed by atoms with van der Waals surface area (Å²) in [6.45, 7) is 3.22. The summed E-state index contributed by atoms with van der Waals surface area (Å²) >= 11 is 3.53. The number of nitrogens with one attached hydrogen (secondary N) is 1. The van der Waals surface area contributed by atoms with Crippen LogP contribution in [0.4, 0.5) is 0 Å². The van der Waals surface area contributed by atoms with Crippen LogP contribution in [0.3, 0.4) is 0 Å². The van der Waals surface area contributed by atoms with Crippen LogP contribution >= 0.6 is 40.7 Å². The SMILES string of the molecule is Brc1ccc(-c2nc3ccccn3c2CN2CC3CCC(C2)N3)cc1.Cl.Cl. The lowest BCUT2D eigenvalue weighted by Crippen LogP contribution is -2.50. The lowest BCUT2D eigenvalue weighted by atomic mass is 10.1. The second-order valence-corrected chi connectivity index (χ2v) is 8.09. The normalized spacial score (nSPS) is 21.7. The third-order valence-corrected chi connectivity index (χ3v) is 5.94. The number of piperazine rings is 1. The van der Waals surface area contributed by atoms with Gasteiger partial charge in [0.25, 0.3) is 0 Å². The molecule has 2 bridgehead atoms. The highest BCUT2D eigenvalue weighted by molar-refractivity contribution is 9.10. The molecule has 2 aliphatic heterocycles. The van der Waals surface area contributed by atoms with Crippen LogP contribution in [0.2, 0.25) is 0 Å². The fourth-order valence-corrected chi connectivity index (χ4v) is 4.53. The molecule has 4 nitrogen and oxygen atoms in total. The summed E-state index contributed by atoms with van der Waals surface area (Å²) in [5.41, 5.74) is 4.59. The standard InChI is InChI=1S/C20H21BrN4.2ClH/c21-15-6-4-14(5-7-15)20-18(25-10-2-1-3-19(25)23-20)13-24-11-16-8-9-17(12-24)22-16;;/h1-7,10,16-17,22H,8-9,11-13H2;2*1H. The number of fused-ring (bicyclic) bond motifs is 3. The summed E-state index contributed by atoms with van der Waals surface area (Å²) in [6.07, 6.45) is 4.76. The van der Waals surface area contributed by atoms with Gasteiger partial charge in [-0.15, -0.1) is 24.8 Å². The first-order valence-corrected chi connectivity index (χ1v) is 9.76. The fraction of sp³-hybridized carbons (Fsp3) is 0.350. The maximum absolute atomic E-state index is 4.94. The second kappa shape index (κ2) is 8.50. The van der Waals surface area contributed by atoms with E-state index in [9.17, 15) is 0 Å². The van der Waals surface area contributed by atoms with Gasteiger partial charge in [0.15, 0.2) is 0 Å². The Morgan fingerprint density at radius 2 is 1.70 bits per heavy atom. The molecule has 2 fully saturated rings. The Morgan fingerprint density at radius 1 is 1.00 bits per heavy atom. The first-order chi connectivity index (χ1) is 12.3. The number of halogens is 3. The van der Waals surface area contributed by atoms with Crippen molar-refractivity contribution in [2.75, 3.05) is 13.1 Å². The van der Waals surface area contributed by atoms with E-state index >= 15 is 0 Å². The molecule has 0 spiro atoms. The number of nitrogens with zero attached hydrogens (tertiary/aromatic N) is 3. The number of pyridine rings is 1. The molecule has 1 aromatic carbocycles. The molecular weight excluding hydrogens is 447 g/mol. The summed E-state index contributed by atoms with van der Waals surface area (Å²) < 4.78 is 3.35. The van der Waals surface area contributed by atoms with Gasteiger partial charge >= 0.3 is 0 Å². The molecule has 0 amide bonds. The Balaban J connectivity index is 0.00000105. The molecule has 7 heteroatoms. The van der Waals surface area contributed by atoms with E-state index in [2.05, 4.69) is 79.2 Å². The van der Waals surface area contributed by atoms with Gasteiger partial charge in [0.05, 0.1) is 11.4 Å². The van der Waals surface area contributed by atoms with Crippen molar-refractivity contribution in [2.24, 2.45) is 0 Å². The van der Waals surface area contributed by atoms with Crippen molar-refractivity contribution < 1.29 is 0 Å². The van der Waals surface area contributed by atoms with Crippen molar-refractivity contribution in [1.82, 2.24) is 19.6 Å². The van der Waals surface area contributed by atoms with E-state index in [4.69, 9.17) is 4.98 Å². The zero-order valence-corrected chi connectivity index (χ0v) is 18.1. The van der Waals surface area contributed by atoms with E-state index in [-0.39, 0.29) is 24.8 Å². The molecule has 5 rings (SSSR count). The molecule has 2 aromatic heterocycles. The molecule has 144 valence electrons. The highest BCUT2D eigenvalue weighted by Crippen LogP contribution is 2.29. The van der Waals surface area contributed by atoms with Gasteiger partial charge in [-0.2, -0.15) is 0 Å². The number of imidazole rings is 1. The summed E-state index contributed by atoms with van der Waals surface area (Å²) in [6, 6.07) is 16.0. The number of rotatable bonds is 3. The largest absolute Gasteiger partial charge is 0.309 e. The summed E-state index contributed by atoms with van der Waals surface area (Å²) in [5, 5.41) is 3.72. The van der Waals surface area contributed by atoms with Gasteiger partial charge in [-0.3, -0.25) is 4.90 Å². The molecule has 4 heterocycles. The Hall–Kier alpha value is -1.11. The highest BCUT2D eigenvalue weighted by Gasteiger charge is 2.32. The Morgan fingerprint density at radius 3 is 2.41 bits per heavy atom. The third-order valence-electron chi connectivity index (χ3n) is 5.41. The van der Waals surface area contributed by atoms with E-state index in [0.29, 0.717) is 12.1 Å². The predicted molar refractivity (Wildman–Crippen MR) is 118 cm³/mol. The molecular formula is C20H23BrCl2N4. The first kappa shape index (κ1) is 20.6. The first-order valence-electron chi connectivity index (χ1n) is 8.96. The summed E-state index contributed by atoms with van der Waals surface area (Å²) in [5.74, 6) is 0. The van der Waals surface area contributed by atoms with Gasteiger partial charge in [0, 0.05) is 48.0 Å². The topological polar surface area (TPSA) is 32.6 Å². The number of aromatic nitrogens is 2. The van der Waals surface area contributed by atoms with E-state index in [0.717, 1.165) is 35.4 Å². The van der Waals surface area contributed by atoms with Crippen molar-refractivity contribution in [3.05, 3.63) is 58.8 Å². The smallest absolute Gasteiger partial charge is 0.137 e. The summed E-state index contributed by atoms with van der Waals surface area (Å²) in [7, 11) is 0. The maximum atomic E-state index is 4.94. The van der Waals surface area contributed by atoms with Crippen LogP contribution in [0.1, 0.15) is 18.5 Å². The van der Waals surface area contributed by atoms with E-state index in [1.54, 1.807) is 0 Å². The molecule has 2 saturated heterocycles. The van der Waals surface area contributed by atoms with Crippen LogP contribution in [0, 0.1) is 0 Å². The van der Waals surface area contributed by atoms with Gasteiger partial charge in [0.1, 0.15) is 5.65 Å². The molecule has 2 aliphatic rings. The molecule has 0 radical (unpaired) electrons. The van der Waals surface area contributed by atoms with Crippen LogP contribution in [0.5, 0.6) is 0 Å². The van der Waals surface area contributed by atoms with Crippen LogP contribution in [0.25, 0.3) is 16.9 Å². The zero-order chi connectivity index (χ0) is 16.8. The summed E-state index contributed by atoms with van der Waals surface area (Å²) in [4.78, 5) is 7.53. The third kappa shape index (κ3) is 4.03. The van der Waals surface area contributed by atoms with Crippen LogP contribution < -0.4 is 5.32 Å². The number of benzene rings is 1. The number of hydrogen-bond donors (Lipinski definition) is 1. The second-order valence-electron chi connectivity index (χ2n) is 7.17. The number of hydrogen-bond acceptors (Lipinski definition) is 3. The quantitative estimate of drug-likeness (QED) is 0.610. The molecule has 3 aromatic rings. The molecule has 2 unspecified atom stereocenters. The van der Waals surface area contributed by atoms with E-state index < -0.39 is 0 Å². The fourth-order valence-electron chi connectivity index (χ4n) is 4.27. The minimum atomic E-state index is 0. The van der Waals surface area contributed by atoms with Crippen LogP contribution in [-0.4, -0.2) is 39.5 Å². The Bertz CT molecular complexity index is 900. The maximum Gasteiger partial charge on any atom is 0.137 e. The highest BCUT2D eigenvalue weighted by atomic mass is 79.9. The minimum absolute atomic E-state index is 0. The Labute approximate surface area is 180 Å². The molecule has 0 aliphatic carbocycles. The van der Waals surface area contributed by atoms with Crippen molar-refractivity contribution in [2.45, 2.75) is 31.5 Å². The lowest BCUT2D eigenvalue weighted by molar-refractivity contribution is 0.187. The van der Waals surface area contributed by atoms with Gasteiger partial charge in [-0.25, -0.2) is 4.98 Å². The average Bonchev–Trinajstić information content (AvgIpc) is 3.16. The van der Waals surface area contributed by atoms with E-state index in [1.165, 1.54) is 24.1 Å². The molecule has 2 atom stereocenters. The predicted octanol–water partition coefficient (Wildman–Crippen LogP) is 4.54. The van der Waals surface area contributed by atoms with Crippen molar-refractivity contribution in [3.8, 4) is 11.3 Å². The van der Waals surface area contributed by atoms with Crippen LogP contribution in [-0.2, 0) is 6.54 Å². The van der Waals surface area contributed by atoms with Crippen molar-refractivity contribution in [3.63, 3.8) is 0 Å². The minimum Gasteiger partial charge on any atom is -0.309 e.